The second kappa shape index (κ2) is 4.63. The molecule has 0 aliphatic rings. The third kappa shape index (κ3) is 2.94. The zero-order chi connectivity index (χ0) is 11.5. The number of anilines is 1. The van der Waals surface area contributed by atoms with Gasteiger partial charge in [0.25, 0.3) is 10.1 Å². The summed E-state index contributed by atoms with van der Waals surface area (Å²) in [7, 11) is -2.39. The molecule has 0 saturated carbocycles. The second-order valence-corrected chi connectivity index (χ2v) is 4.90. The zero-order valence-electron chi connectivity index (χ0n) is 8.79. The van der Waals surface area contributed by atoms with Gasteiger partial charge in [-0.25, -0.2) is 0 Å². The molecule has 84 valence electrons. The van der Waals surface area contributed by atoms with Gasteiger partial charge in [-0.05, 0) is 18.6 Å². The van der Waals surface area contributed by atoms with Crippen LogP contribution in [0.1, 0.15) is 13.3 Å². The van der Waals surface area contributed by atoms with E-state index in [1.165, 1.54) is 0 Å². The van der Waals surface area contributed by atoms with Gasteiger partial charge in [-0.1, -0.05) is 25.1 Å². The largest absolute Gasteiger partial charge is 0.356 e. The van der Waals surface area contributed by atoms with E-state index in [1.54, 1.807) is 31.0 Å². The van der Waals surface area contributed by atoms with E-state index in [9.17, 15) is 8.42 Å². The summed E-state index contributed by atoms with van der Waals surface area (Å²) < 4.78 is 31.2. The van der Waals surface area contributed by atoms with E-state index in [2.05, 4.69) is 0 Å². The number of hydrogen-bond donors (Lipinski definition) is 1. The molecular weight excluding hydrogens is 214 g/mol. The molecule has 0 spiro atoms. The van der Waals surface area contributed by atoms with Gasteiger partial charge in [0.05, 0.1) is 0 Å². The van der Waals surface area contributed by atoms with E-state index in [0.29, 0.717) is 6.42 Å². The van der Waals surface area contributed by atoms with Crippen molar-refractivity contribution in [1.82, 2.24) is 0 Å². The molecule has 1 N–H and O–H groups in total. The maximum absolute atomic E-state index is 11.1. The summed E-state index contributed by atoms with van der Waals surface area (Å²) in [4.78, 5) is 1.55. The first-order valence-electron chi connectivity index (χ1n) is 4.71. The first kappa shape index (κ1) is 12.0. The Morgan fingerprint density at radius 3 is 2.27 bits per heavy atom. The second-order valence-electron chi connectivity index (χ2n) is 3.32. The topological polar surface area (TPSA) is 57.6 Å². The van der Waals surface area contributed by atoms with Gasteiger partial charge in [0.1, 0.15) is 0 Å². The van der Waals surface area contributed by atoms with E-state index in [-0.39, 0.29) is 0 Å². The lowest BCUT2D eigenvalue weighted by Gasteiger charge is -2.26. The van der Waals surface area contributed by atoms with Crippen molar-refractivity contribution in [3.05, 3.63) is 30.3 Å². The fourth-order valence-corrected chi connectivity index (χ4v) is 2.46. The predicted octanol–water partition coefficient (Wildman–Crippen LogP) is 1.75. The Labute approximate surface area is 90.3 Å². The zero-order valence-corrected chi connectivity index (χ0v) is 9.61. The van der Waals surface area contributed by atoms with Gasteiger partial charge in [0, 0.05) is 12.7 Å². The highest BCUT2D eigenvalue weighted by Crippen LogP contribution is 2.18. The van der Waals surface area contributed by atoms with Crippen molar-refractivity contribution in [3.63, 3.8) is 0 Å². The number of hydrogen-bond acceptors (Lipinski definition) is 3. The van der Waals surface area contributed by atoms with E-state index >= 15 is 0 Å². The van der Waals surface area contributed by atoms with Gasteiger partial charge < -0.3 is 4.90 Å². The lowest BCUT2D eigenvalue weighted by molar-refractivity contribution is 0.462. The summed E-state index contributed by atoms with van der Waals surface area (Å²) in [5.41, 5.74) is 0.766. The SMILES string of the molecule is CCC(N(C)c1ccccc1)S(=O)(=O)O. The van der Waals surface area contributed by atoms with Crippen molar-refractivity contribution in [3.8, 4) is 0 Å². The highest BCUT2D eigenvalue weighted by atomic mass is 32.2. The van der Waals surface area contributed by atoms with Gasteiger partial charge in [-0.15, -0.1) is 0 Å². The molecule has 0 bridgehead atoms. The molecule has 0 aliphatic heterocycles. The van der Waals surface area contributed by atoms with Gasteiger partial charge in [0.2, 0.25) is 0 Å². The highest BCUT2D eigenvalue weighted by Gasteiger charge is 2.25. The number of benzene rings is 1. The molecule has 0 aliphatic carbocycles. The van der Waals surface area contributed by atoms with Crippen LogP contribution in [0.4, 0.5) is 5.69 Å². The van der Waals surface area contributed by atoms with Crippen molar-refractivity contribution in [1.29, 1.82) is 0 Å². The molecule has 0 radical (unpaired) electrons. The lowest BCUT2D eigenvalue weighted by atomic mass is 10.3. The molecule has 1 rings (SSSR count). The molecule has 1 unspecified atom stereocenters. The Balaban J connectivity index is 2.98. The molecule has 0 saturated heterocycles. The molecule has 1 aromatic rings. The Morgan fingerprint density at radius 2 is 1.87 bits per heavy atom. The minimum atomic E-state index is -4.04. The minimum absolute atomic E-state index is 0.338. The van der Waals surface area contributed by atoms with Gasteiger partial charge >= 0.3 is 0 Å². The molecule has 15 heavy (non-hydrogen) atoms. The third-order valence-electron chi connectivity index (χ3n) is 2.29. The van der Waals surface area contributed by atoms with Crippen LogP contribution in [-0.4, -0.2) is 25.4 Å². The number of nitrogens with zero attached hydrogens (tertiary/aromatic N) is 1. The third-order valence-corrected chi connectivity index (χ3v) is 3.63. The normalized spacial score (nSPS) is 13.5. The molecular formula is C10H15NO3S. The maximum Gasteiger partial charge on any atom is 0.286 e. The first-order chi connectivity index (χ1) is 6.96. The van der Waals surface area contributed by atoms with Crippen molar-refractivity contribution < 1.29 is 13.0 Å². The molecule has 0 aromatic heterocycles. The Kier molecular flexibility index (Phi) is 3.71. The monoisotopic (exact) mass is 229 g/mol. The minimum Gasteiger partial charge on any atom is -0.356 e. The fourth-order valence-electron chi connectivity index (χ4n) is 1.51. The average molecular weight is 229 g/mol. The molecule has 1 atom stereocenters. The standard InChI is InChI=1S/C10H15NO3S/c1-3-10(15(12,13)14)11(2)9-7-5-4-6-8-9/h4-8,10H,3H2,1-2H3,(H,12,13,14). The van der Waals surface area contributed by atoms with Crippen LogP contribution in [0.3, 0.4) is 0 Å². The summed E-state index contributed by atoms with van der Waals surface area (Å²) in [6, 6.07) is 9.10. The van der Waals surface area contributed by atoms with Crippen molar-refractivity contribution in [2.45, 2.75) is 18.7 Å². The van der Waals surface area contributed by atoms with Crippen LogP contribution >= 0.6 is 0 Å². The molecule has 1 aromatic carbocycles. The van der Waals surface area contributed by atoms with Crippen LogP contribution in [0.25, 0.3) is 0 Å². The average Bonchev–Trinajstić information content (AvgIpc) is 2.18. The number of para-hydroxylation sites is 1. The van der Waals surface area contributed by atoms with Gasteiger partial charge in [-0.2, -0.15) is 8.42 Å². The van der Waals surface area contributed by atoms with Gasteiger partial charge in [0.15, 0.2) is 5.37 Å². The molecule has 0 fully saturated rings. The predicted molar refractivity (Wildman–Crippen MR) is 60.5 cm³/mol. The Bertz CT molecular complexity index is 402. The van der Waals surface area contributed by atoms with Crippen LogP contribution < -0.4 is 4.90 Å². The van der Waals surface area contributed by atoms with Crippen molar-refractivity contribution in [2.24, 2.45) is 0 Å². The van der Waals surface area contributed by atoms with Crippen LogP contribution in [0, 0.1) is 0 Å². The van der Waals surface area contributed by atoms with Gasteiger partial charge in [-0.3, -0.25) is 4.55 Å². The molecule has 0 heterocycles. The summed E-state index contributed by atoms with van der Waals surface area (Å²) >= 11 is 0. The van der Waals surface area contributed by atoms with Crippen LogP contribution in [0.5, 0.6) is 0 Å². The van der Waals surface area contributed by atoms with Crippen molar-refractivity contribution >= 4 is 15.8 Å². The Hall–Kier alpha value is -1.07. The lowest BCUT2D eigenvalue weighted by Crippen LogP contribution is -2.37. The van der Waals surface area contributed by atoms with E-state index in [0.717, 1.165) is 5.69 Å². The van der Waals surface area contributed by atoms with E-state index in [4.69, 9.17) is 4.55 Å². The molecule has 4 nitrogen and oxygen atoms in total. The smallest absolute Gasteiger partial charge is 0.286 e. The summed E-state index contributed by atoms with van der Waals surface area (Å²) in [5.74, 6) is 0. The Morgan fingerprint density at radius 1 is 1.33 bits per heavy atom. The summed E-state index contributed by atoms with van der Waals surface area (Å²) in [5, 5.41) is -0.889. The van der Waals surface area contributed by atoms with Crippen LogP contribution in [-0.2, 0) is 10.1 Å². The van der Waals surface area contributed by atoms with Crippen LogP contribution in [0.2, 0.25) is 0 Å². The summed E-state index contributed by atoms with van der Waals surface area (Å²) in [6.45, 7) is 1.72. The fraction of sp³-hybridized carbons (Fsp3) is 0.400. The molecule has 0 amide bonds. The van der Waals surface area contributed by atoms with E-state index < -0.39 is 15.5 Å². The number of rotatable bonds is 4. The summed E-state index contributed by atoms with van der Waals surface area (Å²) in [6.07, 6.45) is 0.338. The van der Waals surface area contributed by atoms with Crippen molar-refractivity contribution in [2.75, 3.05) is 11.9 Å². The first-order valence-corrected chi connectivity index (χ1v) is 6.21. The maximum atomic E-state index is 11.1. The quantitative estimate of drug-likeness (QED) is 0.799. The highest BCUT2D eigenvalue weighted by molar-refractivity contribution is 7.86. The van der Waals surface area contributed by atoms with Crippen LogP contribution in [0.15, 0.2) is 30.3 Å². The van der Waals surface area contributed by atoms with E-state index in [1.807, 2.05) is 18.2 Å². The molecule has 5 heteroatoms.